The number of aromatic amines is 1. The van der Waals surface area contributed by atoms with Crippen LogP contribution < -0.4 is 5.32 Å². The highest BCUT2D eigenvalue weighted by atomic mass is 16.3. The van der Waals surface area contributed by atoms with E-state index in [0.717, 1.165) is 16.5 Å². The van der Waals surface area contributed by atoms with Crippen LogP contribution in [0.15, 0.2) is 48.5 Å². The molecule has 2 aromatic carbocycles. The first-order valence-electron chi connectivity index (χ1n) is 7.00. The van der Waals surface area contributed by atoms with E-state index in [0.29, 0.717) is 18.7 Å². The first-order chi connectivity index (χ1) is 10.6. The molecule has 22 heavy (non-hydrogen) atoms. The van der Waals surface area contributed by atoms with Crippen LogP contribution >= 0.6 is 0 Å². The number of benzene rings is 2. The molecule has 0 spiro atoms. The summed E-state index contributed by atoms with van der Waals surface area (Å²) in [7, 11) is 0. The second-order valence-electron chi connectivity index (χ2n) is 5.10. The molecule has 4 N–H and O–H groups in total. The zero-order valence-electron chi connectivity index (χ0n) is 11.8. The average molecular weight is 296 g/mol. The number of amides is 1. The zero-order valence-corrected chi connectivity index (χ0v) is 11.8. The lowest BCUT2D eigenvalue weighted by atomic mass is 10.1. The van der Waals surface area contributed by atoms with Crippen LogP contribution in [0.4, 0.5) is 0 Å². The van der Waals surface area contributed by atoms with E-state index in [-0.39, 0.29) is 17.4 Å². The molecule has 5 heteroatoms. The first-order valence-corrected chi connectivity index (χ1v) is 7.00. The van der Waals surface area contributed by atoms with Crippen molar-refractivity contribution in [1.82, 2.24) is 10.3 Å². The zero-order chi connectivity index (χ0) is 15.5. The number of carbonyl (C=O) groups is 1. The van der Waals surface area contributed by atoms with Gasteiger partial charge in [-0.1, -0.05) is 24.3 Å². The van der Waals surface area contributed by atoms with E-state index in [9.17, 15) is 15.0 Å². The maximum atomic E-state index is 12.1. The lowest BCUT2D eigenvalue weighted by molar-refractivity contribution is 0.0950. The maximum Gasteiger partial charge on any atom is 0.267 e. The number of carbonyl (C=O) groups excluding carboxylic acids is 1. The predicted octanol–water partition coefficient (Wildman–Crippen LogP) is 2.55. The quantitative estimate of drug-likeness (QED) is 0.558. The number of nitrogens with one attached hydrogen (secondary N) is 2. The van der Waals surface area contributed by atoms with E-state index in [1.54, 1.807) is 6.07 Å². The lowest BCUT2D eigenvalue weighted by Gasteiger charge is -2.05. The summed E-state index contributed by atoms with van der Waals surface area (Å²) in [6, 6.07) is 14.2. The number of para-hydroxylation sites is 1. The molecular weight excluding hydrogens is 280 g/mol. The van der Waals surface area contributed by atoms with Gasteiger partial charge in [0.25, 0.3) is 5.91 Å². The molecule has 0 saturated carbocycles. The van der Waals surface area contributed by atoms with Crippen molar-refractivity contribution in [2.24, 2.45) is 0 Å². The highest BCUT2D eigenvalue weighted by molar-refractivity contribution is 5.97. The molecule has 1 aromatic heterocycles. The molecule has 3 rings (SSSR count). The molecule has 0 bridgehead atoms. The van der Waals surface area contributed by atoms with E-state index >= 15 is 0 Å². The number of hydrogen-bond donors (Lipinski definition) is 4. The third-order valence-electron chi connectivity index (χ3n) is 3.51. The number of H-pyrrole nitrogens is 1. The summed E-state index contributed by atoms with van der Waals surface area (Å²) in [4.78, 5) is 15.2. The number of aromatic nitrogens is 1. The molecule has 3 aromatic rings. The standard InChI is InChI=1S/C17H16N2O3/c20-15-6-5-11(9-16(15)21)7-8-18-17(22)14-10-12-3-1-2-4-13(12)19-14/h1-6,9-10,19-21H,7-8H2,(H,18,22). The summed E-state index contributed by atoms with van der Waals surface area (Å²) in [5.41, 5.74) is 2.29. The van der Waals surface area contributed by atoms with Gasteiger partial charge in [-0.15, -0.1) is 0 Å². The van der Waals surface area contributed by atoms with Crippen molar-refractivity contribution >= 4 is 16.8 Å². The van der Waals surface area contributed by atoms with Crippen molar-refractivity contribution in [3.05, 3.63) is 59.8 Å². The van der Waals surface area contributed by atoms with Crippen molar-refractivity contribution in [1.29, 1.82) is 0 Å². The Kier molecular flexibility index (Phi) is 3.70. The van der Waals surface area contributed by atoms with E-state index in [1.807, 2.05) is 30.3 Å². The van der Waals surface area contributed by atoms with Gasteiger partial charge < -0.3 is 20.5 Å². The van der Waals surface area contributed by atoms with Crippen LogP contribution in [-0.2, 0) is 6.42 Å². The SMILES string of the molecule is O=C(NCCc1ccc(O)c(O)c1)c1cc2ccccc2[nH]1. The van der Waals surface area contributed by atoms with Gasteiger partial charge in [0.15, 0.2) is 11.5 Å². The summed E-state index contributed by atoms with van der Waals surface area (Å²) >= 11 is 0. The Morgan fingerprint density at radius 2 is 1.86 bits per heavy atom. The van der Waals surface area contributed by atoms with E-state index in [2.05, 4.69) is 10.3 Å². The molecule has 0 aliphatic rings. The largest absolute Gasteiger partial charge is 0.504 e. The van der Waals surface area contributed by atoms with Gasteiger partial charge in [0.05, 0.1) is 0 Å². The molecule has 0 atom stereocenters. The summed E-state index contributed by atoms with van der Waals surface area (Å²) < 4.78 is 0. The average Bonchev–Trinajstić information content (AvgIpc) is 2.95. The normalized spacial score (nSPS) is 10.7. The van der Waals surface area contributed by atoms with Gasteiger partial charge >= 0.3 is 0 Å². The van der Waals surface area contributed by atoms with Crippen molar-refractivity contribution in [3.8, 4) is 11.5 Å². The topological polar surface area (TPSA) is 85.3 Å². The van der Waals surface area contributed by atoms with Crippen LogP contribution in [-0.4, -0.2) is 27.6 Å². The molecule has 1 amide bonds. The van der Waals surface area contributed by atoms with Gasteiger partial charge in [0, 0.05) is 17.4 Å². The second-order valence-corrected chi connectivity index (χ2v) is 5.10. The molecule has 0 aliphatic heterocycles. The lowest BCUT2D eigenvalue weighted by Crippen LogP contribution is -2.25. The summed E-state index contributed by atoms with van der Waals surface area (Å²) in [5.74, 6) is -0.468. The van der Waals surface area contributed by atoms with Crippen LogP contribution in [0.5, 0.6) is 11.5 Å². The van der Waals surface area contributed by atoms with Crippen LogP contribution in [0.1, 0.15) is 16.1 Å². The van der Waals surface area contributed by atoms with E-state index in [4.69, 9.17) is 0 Å². The smallest absolute Gasteiger partial charge is 0.267 e. The van der Waals surface area contributed by atoms with Crippen LogP contribution in [0.25, 0.3) is 10.9 Å². The molecule has 0 fully saturated rings. The first kappa shape index (κ1) is 14.0. The van der Waals surface area contributed by atoms with Crippen molar-refractivity contribution in [2.45, 2.75) is 6.42 Å². The van der Waals surface area contributed by atoms with Gasteiger partial charge in [-0.25, -0.2) is 0 Å². The Bertz CT molecular complexity index is 791. The van der Waals surface area contributed by atoms with Gasteiger partial charge in [-0.2, -0.15) is 0 Å². The fraction of sp³-hybridized carbons (Fsp3) is 0.118. The molecule has 0 unspecified atom stereocenters. The van der Waals surface area contributed by atoms with Gasteiger partial charge in [0.2, 0.25) is 0 Å². The summed E-state index contributed by atoms with van der Waals surface area (Å²) in [6.45, 7) is 0.443. The van der Waals surface area contributed by atoms with Crippen LogP contribution in [0.3, 0.4) is 0 Å². The Balaban J connectivity index is 1.61. The van der Waals surface area contributed by atoms with Crippen LogP contribution in [0.2, 0.25) is 0 Å². The number of hydrogen-bond acceptors (Lipinski definition) is 3. The third kappa shape index (κ3) is 2.88. The monoisotopic (exact) mass is 296 g/mol. The van der Waals surface area contributed by atoms with Crippen LogP contribution in [0, 0.1) is 0 Å². The third-order valence-corrected chi connectivity index (χ3v) is 3.51. The molecule has 0 aliphatic carbocycles. The number of rotatable bonds is 4. The van der Waals surface area contributed by atoms with Crippen molar-refractivity contribution in [3.63, 3.8) is 0 Å². The number of phenolic OH excluding ortho intramolecular Hbond substituents is 2. The Labute approximate surface area is 127 Å². The minimum absolute atomic E-state index is 0.147. The number of fused-ring (bicyclic) bond motifs is 1. The maximum absolute atomic E-state index is 12.1. The molecule has 5 nitrogen and oxygen atoms in total. The molecule has 1 heterocycles. The fourth-order valence-electron chi connectivity index (χ4n) is 2.34. The molecule has 112 valence electrons. The minimum Gasteiger partial charge on any atom is -0.504 e. The molecule has 0 radical (unpaired) electrons. The minimum atomic E-state index is -0.167. The summed E-state index contributed by atoms with van der Waals surface area (Å²) in [6.07, 6.45) is 0.569. The van der Waals surface area contributed by atoms with E-state index < -0.39 is 0 Å². The van der Waals surface area contributed by atoms with Gasteiger partial charge in [-0.05, 0) is 36.2 Å². The van der Waals surface area contributed by atoms with Gasteiger partial charge in [0.1, 0.15) is 5.69 Å². The van der Waals surface area contributed by atoms with E-state index in [1.165, 1.54) is 12.1 Å². The number of aromatic hydroxyl groups is 2. The highest BCUT2D eigenvalue weighted by Gasteiger charge is 2.08. The predicted molar refractivity (Wildman–Crippen MR) is 84.1 cm³/mol. The van der Waals surface area contributed by atoms with Gasteiger partial charge in [-0.3, -0.25) is 4.79 Å². The fourth-order valence-corrected chi connectivity index (χ4v) is 2.34. The highest BCUT2D eigenvalue weighted by Crippen LogP contribution is 2.24. The Morgan fingerprint density at radius 1 is 1.05 bits per heavy atom. The Hall–Kier alpha value is -2.95. The molecule has 0 saturated heterocycles. The van der Waals surface area contributed by atoms with Crippen molar-refractivity contribution in [2.75, 3.05) is 6.54 Å². The Morgan fingerprint density at radius 3 is 2.64 bits per heavy atom. The summed E-state index contributed by atoms with van der Waals surface area (Å²) in [5, 5.41) is 22.5. The number of phenols is 2. The van der Waals surface area contributed by atoms with Crippen molar-refractivity contribution < 1.29 is 15.0 Å². The second kappa shape index (κ2) is 5.81. The molecular formula is C17H16N2O3.